The minimum absolute atomic E-state index is 0.189. The van der Waals surface area contributed by atoms with E-state index in [1.807, 2.05) is 6.92 Å². The van der Waals surface area contributed by atoms with Gasteiger partial charge in [-0.05, 0) is 61.4 Å². The highest BCUT2D eigenvalue weighted by atomic mass is 32.2. The fourth-order valence-electron chi connectivity index (χ4n) is 2.82. The summed E-state index contributed by atoms with van der Waals surface area (Å²) in [5.74, 6) is 0.00652. The molecule has 6 nitrogen and oxygen atoms in total. The number of ether oxygens (including phenoxy) is 2. The Hall–Kier alpha value is -2.84. The van der Waals surface area contributed by atoms with Crippen molar-refractivity contribution in [2.75, 3.05) is 11.5 Å². The summed E-state index contributed by atoms with van der Waals surface area (Å²) in [4.78, 5) is 26.0. The van der Waals surface area contributed by atoms with Gasteiger partial charge in [-0.15, -0.1) is 0 Å². The molecule has 2 aromatic carbocycles. The van der Waals surface area contributed by atoms with E-state index in [4.69, 9.17) is 26.8 Å². The molecule has 1 aliphatic heterocycles. The van der Waals surface area contributed by atoms with Crippen molar-refractivity contribution in [2.24, 2.45) is 0 Å². The van der Waals surface area contributed by atoms with Crippen LogP contribution >= 0.6 is 24.0 Å². The molecule has 1 N–H and O–H groups in total. The van der Waals surface area contributed by atoms with Crippen molar-refractivity contribution in [3.63, 3.8) is 0 Å². The molecule has 1 saturated heterocycles. The fourth-order valence-corrected chi connectivity index (χ4v) is 4.11. The summed E-state index contributed by atoms with van der Waals surface area (Å²) < 4.78 is 11.4. The number of hydrogen-bond donors (Lipinski definition) is 1. The van der Waals surface area contributed by atoms with Gasteiger partial charge in [-0.25, -0.2) is 4.79 Å². The summed E-state index contributed by atoms with van der Waals surface area (Å²) >= 11 is 6.64. The molecular weight excluding hydrogens is 422 g/mol. The van der Waals surface area contributed by atoms with E-state index in [9.17, 15) is 9.59 Å². The number of thiocarbonyl (C=S) groups is 1. The average molecular weight is 444 g/mol. The molecule has 1 heterocycles. The number of carboxylic acid groups (broad SMARTS) is 1. The van der Waals surface area contributed by atoms with Crippen LogP contribution in [0.2, 0.25) is 0 Å². The highest BCUT2D eigenvalue weighted by Crippen LogP contribution is 2.36. The maximum absolute atomic E-state index is 12.9. The van der Waals surface area contributed by atoms with E-state index in [0.717, 1.165) is 11.3 Å². The Morgan fingerprint density at radius 2 is 1.77 bits per heavy atom. The first kappa shape index (κ1) is 21.9. The fraction of sp³-hybridized carbons (Fsp3) is 0.227. The molecule has 1 atom stereocenters. The van der Waals surface area contributed by atoms with E-state index in [1.165, 1.54) is 16.7 Å². The third-order valence-electron chi connectivity index (χ3n) is 4.30. The van der Waals surface area contributed by atoms with E-state index in [1.54, 1.807) is 61.5 Å². The van der Waals surface area contributed by atoms with Gasteiger partial charge < -0.3 is 14.6 Å². The van der Waals surface area contributed by atoms with E-state index >= 15 is 0 Å². The second-order valence-corrected chi connectivity index (χ2v) is 8.04. The Morgan fingerprint density at radius 3 is 2.33 bits per heavy atom. The number of amides is 1. The van der Waals surface area contributed by atoms with Crippen LogP contribution in [0.1, 0.15) is 25.8 Å². The zero-order valence-electron chi connectivity index (χ0n) is 16.5. The largest absolute Gasteiger partial charge is 0.494 e. The summed E-state index contributed by atoms with van der Waals surface area (Å²) in [6, 6.07) is 14.1. The molecule has 3 rings (SSSR count). The lowest BCUT2D eigenvalue weighted by Crippen LogP contribution is -2.27. The van der Waals surface area contributed by atoms with Crippen LogP contribution in [0.15, 0.2) is 53.4 Å². The molecule has 1 fully saturated rings. The van der Waals surface area contributed by atoms with Crippen molar-refractivity contribution >= 4 is 51.9 Å². The Labute approximate surface area is 184 Å². The van der Waals surface area contributed by atoms with Gasteiger partial charge in [-0.2, -0.15) is 0 Å². The lowest BCUT2D eigenvalue weighted by molar-refractivity contribution is -0.145. The number of hydrogen-bond acceptors (Lipinski definition) is 6. The van der Waals surface area contributed by atoms with Crippen LogP contribution in [0.4, 0.5) is 5.69 Å². The van der Waals surface area contributed by atoms with Crippen LogP contribution in [0.25, 0.3) is 6.08 Å². The van der Waals surface area contributed by atoms with Crippen molar-refractivity contribution in [2.45, 2.75) is 26.4 Å². The van der Waals surface area contributed by atoms with Crippen LogP contribution in [-0.2, 0) is 9.59 Å². The van der Waals surface area contributed by atoms with Crippen molar-refractivity contribution in [3.05, 3.63) is 59.0 Å². The highest BCUT2D eigenvalue weighted by Gasteiger charge is 2.33. The third kappa shape index (κ3) is 5.01. The van der Waals surface area contributed by atoms with E-state index in [-0.39, 0.29) is 5.91 Å². The van der Waals surface area contributed by atoms with E-state index < -0.39 is 12.1 Å². The molecule has 156 valence electrons. The number of carboxylic acids is 1. The minimum Gasteiger partial charge on any atom is -0.494 e. The zero-order chi connectivity index (χ0) is 21.7. The second kappa shape index (κ2) is 9.77. The number of benzene rings is 2. The summed E-state index contributed by atoms with van der Waals surface area (Å²) in [6.07, 6.45) is 1.23. The van der Waals surface area contributed by atoms with Crippen molar-refractivity contribution in [1.29, 1.82) is 0 Å². The number of carbonyl (C=O) groups is 2. The Kier molecular flexibility index (Phi) is 7.12. The van der Waals surface area contributed by atoms with Crippen molar-refractivity contribution < 1.29 is 24.2 Å². The molecule has 0 radical (unpaired) electrons. The summed E-state index contributed by atoms with van der Waals surface area (Å²) in [5.41, 5.74) is 1.48. The summed E-state index contributed by atoms with van der Waals surface area (Å²) in [7, 11) is 0. The predicted octanol–water partition coefficient (Wildman–Crippen LogP) is 4.73. The molecule has 0 spiro atoms. The summed E-state index contributed by atoms with van der Waals surface area (Å²) in [5, 5.41) is 9.10. The Balaban J connectivity index is 1.74. The van der Waals surface area contributed by atoms with E-state index in [0.29, 0.717) is 33.7 Å². The highest BCUT2D eigenvalue weighted by molar-refractivity contribution is 8.27. The topological polar surface area (TPSA) is 76.1 Å². The van der Waals surface area contributed by atoms with Gasteiger partial charge in [-0.1, -0.05) is 43.0 Å². The van der Waals surface area contributed by atoms with Gasteiger partial charge in [0.1, 0.15) is 11.5 Å². The standard InChI is InChI=1S/C22H21NO5S2/c1-3-18(21(25)26)28-17-9-5-14(6-10-17)13-19-20(24)23(22(29)30-19)15-7-11-16(12-8-15)27-4-2/h5-13,18H,3-4H2,1-2H3,(H,25,26)/b19-13+. The normalized spacial score (nSPS) is 16.1. The van der Waals surface area contributed by atoms with Crippen LogP contribution < -0.4 is 14.4 Å². The first-order chi connectivity index (χ1) is 14.4. The quantitative estimate of drug-likeness (QED) is 0.467. The van der Waals surface area contributed by atoms with Crippen LogP contribution in [0.5, 0.6) is 11.5 Å². The maximum atomic E-state index is 12.9. The number of nitrogens with zero attached hydrogens (tertiary/aromatic N) is 1. The predicted molar refractivity (Wildman–Crippen MR) is 122 cm³/mol. The molecule has 0 saturated carbocycles. The molecule has 0 bridgehead atoms. The zero-order valence-corrected chi connectivity index (χ0v) is 18.2. The molecular formula is C22H21NO5S2. The number of rotatable bonds is 8. The van der Waals surface area contributed by atoms with Gasteiger partial charge in [0.05, 0.1) is 17.2 Å². The molecule has 8 heteroatoms. The SMILES string of the molecule is CCOc1ccc(N2C(=O)/C(=C\c3ccc(OC(CC)C(=O)O)cc3)SC2=S)cc1. The molecule has 0 aliphatic carbocycles. The molecule has 1 amide bonds. The molecule has 2 aromatic rings. The summed E-state index contributed by atoms with van der Waals surface area (Å²) in [6.45, 7) is 4.23. The van der Waals surface area contributed by atoms with Crippen molar-refractivity contribution in [1.82, 2.24) is 0 Å². The lowest BCUT2D eigenvalue weighted by atomic mass is 10.2. The van der Waals surface area contributed by atoms with Gasteiger partial charge >= 0.3 is 5.97 Å². The van der Waals surface area contributed by atoms with Crippen LogP contribution in [-0.4, -0.2) is 34.0 Å². The smallest absolute Gasteiger partial charge is 0.344 e. The molecule has 30 heavy (non-hydrogen) atoms. The monoisotopic (exact) mass is 443 g/mol. The number of thioether (sulfide) groups is 1. The lowest BCUT2D eigenvalue weighted by Gasteiger charge is -2.15. The van der Waals surface area contributed by atoms with Gasteiger partial charge in [0.2, 0.25) is 0 Å². The molecule has 1 unspecified atom stereocenters. The molecule has 0 aromatic heterocycles. The van der Waals surface area contributed by atoms with Crippen molar-refractivity contribution in [3.8, 4) is 11.5 Å². The van der Waals surface area contributed by atoms with Gasteiger partial charge in [-0.3, -0.25) is 9.69 Å². The third-order valence-corrected chi connectivity index (χ3v) is 5.60. The maximum Gasteiger partial charge on any atom is 0.344 e. The number of aliphatic carboxylic acids is 1. The minimum atomic E-state index is -1.00. The average Bonchev–Trinajstić information content (AvgIpc) is 3.01. The van der Waals surface area contributed by atoms with Gasteiger partial charge in [0, 0.05) is 0 Å². The number of anilines is 1. The Morgan fingerprint density at radius 1 is 1.13 bits per heavy atom. The first-order valence-electron chi connectivity index (χ1n) is 9.43. The molecule has 1 aliphatic rings. The van der Waals surface area contributed by atoms with Gasteiger partial charge in [0.25, 0.3) is 5.91 Å². The van der Waals surface area contributed by atoms with Crippen LogP contribution in [0, 0.1) is 0 Å². The number of carbonyl (C=O) groups excluding carboxylic acids is 1. The Bertz CT molecular complexity index is 970. The van der Waals surface area contributed by atoms with E-state index in [2.05, 4.69) is 0 Å². The second-order valence-electron chi connectivity index (χ2n) is 6.37. The van der Waals surface area contributed by atoms with Crippen LogP contribution in [0.3, 0.4) is 0 Å². The first-order valence-corrected chi connectivity index (χ1v) is 10.7. The van der Waals surface area contributed by atoms with Gasteiger partial charge in [0.15, 0.2) is 10.4 Å².